The van der Waals surface area contributed by atoms with E-state index >= 15 is 0 Å². The van der Waals surface area contributed by atoms with Crippen molar-refractivity contribution in [2.24, 2.45) is 7.05 Å². The Hall–Kier alpha value is -2.91. The summed E-state index contributed by atoms with van der Waals surface area (Å²) in [7, 11) is 1.62. The van der Waals surface area contributed by atoms with Crippen molar-refractivity contribution >= 4 is 17.1 Å². The maximum atomic E-state index is 12.6. The summed E-state index contributed by atoms with van der Waals surface area (Å²) in [6.07, 6.45) is 0.984. The molecule has 3 N–H and O–H groups in total. The SMILES string of the molecule is Cc1cccc(Cn2c(NCCC[NH+]3CCOCC3)nc3c2c(=O)[nH]c(=O)n3C)c1. The third-order valence-electron chi connectivity index (χ3n) is 5.62. The summed E-state index contributed by atoms with van der Waals surface area (Å²) >= 11 is 0. The molecule has 1 saturated heterocycles. The summed E-state index contributed by atoms with van der Waals surface area (Å²) in [4.78, 5) is 33.2. The number of imidazole rings is 1. The lowest BCUT2D eigenvalue weighted by atomic mass is 10.1. The van der Waals surface area contributed by atoms with Gasteiger partial charge in [0, 0.05) is 20.0 Å². The highest BCUT2D eigenvalue weighted by Crippen LogP contribution is 2.18. The molecule has 30 heavy (non-hydrogen) atoms. The van der Waals surface area contributed by atoms with Crippen molar-refractivity contribution in [3.63, 3.8) is 0 Å². The van der Waals surface area contributed by atoms with Gasteiger partial charge in [-0.3, -0.25) is 18.9 Å². The normalized spacial score (nSPS) is 15.0. The van der Waals surface area contributed by atoms with Gasteiger partial charge < -0.3 is 15.0 Å². The standard InChI is InChI=1S/C21H28N6O3/c1-15-5-3-6-16(13-15)14-27-17-18(25(2)21(29)24-19(17)28)23-20(27)22-7-4-8-26-9-11-30-12-10-26/h3,5-6,13H,4,7-12,14H2,1-2H3,(H,22,23)(H,24,28,29)/p+1. The van der Waals surface area contributed by atoms with Crippen LogP contribution in [0.4, 0.5) is 5.95 Å². The minimum atomic E-state index is -0.463. The van der Waals surface area contributed by atoms with Crippen molar-refractivity contribution in [3.05, 3.63) is 56.2 Å². The zero-order valence-electron chi connectivity index (χ0n) is 17.5. The molecule has 1 aromatic carbocycles. The number of nitrogens with one attached hydrogen (secondary N) is 3. The van der Waals surface area contributed by atoms with E-state index in [0.717, 1.165) is 56.9 Å². The quantitative estimate of drug-likeness (QED) is 0.454. The lowest BCUT2D eigenvalue weighted by molar-refractivity contribution is -0.908. The second-order valence-corrected chi connectivity index (χ2v) is 7.89. The minimum absolute atomic E-state index is 0.387. The Bertz CT molecular complexity index is 1140. The molecule has 2 aromatic heterocycles. The number of benzene rings is 1. The van der Waals surface area contributed by atoms with Gasteiger partial charge in [0.2, 0.25) is 5.95 Å². The Morgan fingerprint density at radius 3 is 2.83 bits per heavy atom. The minimum Gasteiger partial charge on any atom is -0.370 e. The van der Waals surface area contributed by atoms with E-state index in [9.17, 15) is 9.59 Å². The third-order valence-corrected chi connectivity index (χ3v) is 5.62. The van der Waals surface area contributed by atoms with E-state index in [0.29, 0.717) is 23.7 Å². The molecule has 3 aromatic rings. The molecule has 0 unspecified atom stereocenters. The molecule has 9 heteroatoms. The van der Waals surface area contributed by atoms with Gasteiger partial charge in [0.15, 0.2) is 11.2 Å². The van der Waals surface area contributed by atoms with Crippen LogP contribution in [0.25, 0.3) is 11.2 Å². The van der Waals surface area contributed by atoms with E-state index in [4.69, 9.17) is 4.74 Å². The van der Waals surface area contributed by atoms with Crippen LogP contribution in [0.1, 0.15) is 17.5 Å². The number of aromatic nitrogens is 4. The third kappa shape index (κ3) is 4.31. The Labute approximate surface area is 174 Å². The number of hydrogen-bond acceptors (Lipinski definition) is 5. The highest BCUT2D eigenvalue weighted by atomic mass is 16.5. The monoisotopic (exact) mass is 413 g/mol. The van der Waals surface area contributed by atoms with Gasteiger partial charge >= 0.3 is 5.69 Å². The van der Waals surface area contributed by atoms with Gasteiger partial charge in [-0.1, -0.05) is 29.8 Å². The van der Waals surface area contributed by atoms with Crippen LogP contribution in [0.5, 0.6) is 0 Å². The smallest absolute Gasteiger partial charge is 0.329 e. The van der Waals surface area contributed by atoms with Crippen LogP contribution in [0.3, 0.4) is 0 Å². The van der Waals surface area contributed by atoms with Gasteiger partial charge in [-0.25, -0.2) is 4.79 Å². The van der Waals surface area contributed by atoms with Crippen LogP contribution in [0.2, 0.25) is 0 Å². The fourth-order valence-corrected chi connectivity index (χ4v) is 3.97. The molecular weight excluding hydrogens is 384 g/mol. The highest BCUT2D eigenvalue weighted by molar-refractivity contribution is 5.74. The van der Waals surface area contributed by atoms with Crippen LogP contribution in [-0.4, -0.2) is 58.5 Å². The largest absolute Gasteiger partial charge is 0.370 e. The number of morpholine rings is 1. The number of aromatic amines is 1. The first-order chi connectivity index (χ1) is 14.5. The maximum absolute atomic E-state index is 12.6. The molecule has 3 heterocycles. The molecule has 0 saturated carbocycles. The molecule has 0 amide bonds. The number of fused-ring (bicyclic) bond motifs is 1. The second kappa shape index (κ2) is 8.85. The van der Waals surface area contributed by atoms with E-state index < -0.39 is 11.2 Å². The molecule has 0 bridgehead atoms. The maximum Gasteiger partial charge on any atom is 0.329 e. The number of aryl methyl sites for hydroxylation is 2. The molecule has 9 nitrogen and oxygen atoms in total. The van der Waals surface area contributed by atoms with E-state index in [-0.39, 0.29) is 0 Å². The number of quaternary nitrogens is 1. The van der Waals surface area contributed by atoms with Crippen molar-refractivity contribution in [1.82, 2.24) is 19.1 Å². The molecule has 1 aliphatic rings. The average molecular weight is 414 g/mol. The van der Waals surface area contributed by atoms with Crippen molar-refractivity contribution in [2.75, 3.05) is 44.7 Å². The van der Waals surface area contributed by atoms with Gasteiger partial charge in [-0.05, 0) is 12.5 Å². The van der Waals surface area contributed by atoms with Crippen LogP contribution in [0.15, 0.2) is 33.9 Å². The molecule has 0 atom stereocenters. The van der Waals surface area contributed by atoms with Crippen molar-refractivity contribution < 1.29 is 9.64 Å². The Morgan fingerprint density at radius 2 is 2.07 bits per heavy atom. The molecule has 1 aliphatic heterocycles. The number of H-pyrrole nitrogens is 1. The summed E-state index contributed by atoms with van der Waals surface area (Å²) in [5.74, 6) is 0.607. The summed E-state index contributed by atoms with van der Waals surface area (Å²) in [5, 5.41) is 3.39. The number of nitrogens with zero attached hydrogens (tertiary/aromatic N) is 3. The molecular formula is C21H29N6O3+. The zero-order chi connectivity index (χ0) is 21.1. The molecule has 0 radical (unpaired) electrons. The van der Waals surface area contributed by atoms with Crippen LogP contribution in [0, 0.1) is 6.92 Å². The summed E-state index contributed by atoms with van der Waals surface area (Å²) in [5.41, 5.74) is 2.14. The van der Waals surface area contributed by atoms with Gasteiger partial charge in [0.25, 0.3) is 5.56 Å². The first-order valence-electron chi connectivity index (χ1n) is 10.4. The fourth-order valence-electron chi connectivity index (χ4n) is 3.97. The number of rotatable bonds is 7. The van der Waals surface area contributed by atoms with Gasteiger partial charge in [-0.2, -0.15) is 4.98 Å². The predicted molar refractivity (Wildman–Crippen MR) is 115 cm³/mol. The second-order valence-electron chi connectivity index (χ2n) is 7.89. The first kappa shape index (κ1) is 20.4. The summed E-state index contributed by atoms with van der Waals surface area (Å²) in [6.45, 7) is 8.08. The number of ether oxygens (including phenoxy) is 1. The molecule has 0 aliphatic carbocycles. The van der Waals surface area contributed by atoms with E-state index in [1.807, 2.05) is 29.7 Å². The summed E-state index contributed by atoms with van der Waals surface area (Å²) in [6, 6.07) is 8.16. The van der Waals surface area contributed by atoms with E-state index in [1.165, 1.54) is 4.57 Å². The zero-order valence-corrected chi connectivity index (χ0v) is 17.5. The number of hydrogen-bond donors (Lipinski definition) is 3. The van der Waals surface area contributed by atoms with Crippen molar-refractivity contribution in [3.8, 4) is 0 Å². The molecule has 4 rings (SSSR count). The van der Waals surface area contributed by atoms with Gasteiger partial charge in [-0.15, -0.1) is 0 Å². The lowest BCUT2D eigenvalue weighted by Gasteiger charge is -2.23. The van der Waals surface area contributed by atoms with Crippen molar-refractivity contribution in [2.45, 2.75) is 19.9 Å². The van der Waals surface area contributed by atoms with Crippen LogP contribution in [-0.2, 0) is 18.3 Å². The van der Waals surface area contributed by atoms with Crippen LogP contribution >= 0.6 is 0 Å². The molecule has 1 fully saturated rings. The average Bonchev–Trinajstić information content (AvgIpc) is 3.09. The van der Waals surface area contributed by atoms with Gasteiger partial charge in [0.05, 0.1) is 26.3 Å². The van der Waals surface area contributed by atoms with Crippen LogP contribution < -0.4 is 21.5 Å². The summed E-state index contributed by atoms with van der Waals surface area (Å²) < 4.78 is 8.66. The lowest BCUT2D eigenvalue weighted by Crippen LogP contribution is -3.14. The Kier molecular flexibility index (Phi) is 6.01. The van der Waals surface area contributed by atoms with Crippen molar-refractivity contribution in [1.29, 1.82) is 0 Å². The topological polar surface area (TPSA) is 98.4 Å². The van der Waals surface area contributed by atoms with Gasteiger partial charge in [0.1, 0.15) is 13.1 Å². The Balaban J connectivity index is 1.60. The van der Waals surface area contributed by atoms with E-state index in [1.54, 1.807) is 11.9 Å². The molecule has 160 valence electrons. The highest BCUT2D eigenvalue weighted by Gasteiger charge is 2.18. The number of anilines is 1. The fraction of sp³-hybridized carbons (Fsp3) is 0.476. The predicted octanol–water partition coefficient (Wildman–Crippen LogP) is -0.503. The van der Waals surface area contributed by atoms with E-state index in [2.05, 4.69) is 21.4 Å². The Morgan fingerprint density at radius 1 is 1.27 bits per heavy atom. The first-order valence-corrected chi connectivity index (χ1v) is 10.4. The molecule has 0 spiro atoms.